The second-order valence-corrected chi connectivity index (χ2v) is 11.8. The molecule has 48 heavy (non-hydrogen) atoms. The van der Waals surface area contributed by atoms with E-state index >= 15 is 0 Å². The molecule has 226 valence electrons. The van der Waals surface area contributed by atoms with Gasteiger partial charge in [0.1, 0.15) is 11.2 Å². The van der Waals surface area contributed by atoms with E-state index in [1.54, 1.807) is 6.07 Å². The van der Waals surface area contributed by atoms with Gasteiger partial charge >= 0.3 is 0 Å². The van der Waals surface area contributed by atoms with E-state index in [-0.39, 0.29) is 29.7 Å². The molecule has 0 atom stereocenters. The zero-order chi connectivity index (χ0) is 36.2. The fraction of sp³-hybridized carbons (Fsp3) is 0. The van der Waals surface area contributed by atoms with Crippen LogP contribution < -0.4 is 4.90 Å². The standard InChI is InChI=1S/C46H31NO/c1-2-11-32(12-3-1)35-15-8-16-36(29-35)33-23-25-38(26-24-33)47(40-27-28-44-43-20-6-7-22-45(43)48-46(44)31-40)39-18-9-17-37(30-39)42-21-10-14-34-13-4-5-19-41(34)42/h1-31H/i1D,2D,3D,11D,12D. The van der Waals surface area contributed by atoms with E-state index in [9.17, 15) is 0 Å². The van der Waals surface area contributed by atoms with Gasteiger partial charge in [0, 0.05) is 33.9 Å². The van der Waals surface area contributed by atoms with Crippen molar-refractivity contribution in [1.29, 1.82) is 0 Å². The SMILES string of the molecule is [2H]c1c([2H])c([2H])c(-c2cccc(-c3ccc(N(c4cccc(-c5cccc6ccccc56)c4)c4ccc5c(c4)oc4ccccc45)cc3)c2)c([2H])c1[2H]. The van der Waals surface area contributed by atoms with Gasteiger partial charge in [-0.2, -0.15) is 0 Å². The Morgan fingerprint density at radius 1 is 0.396 bits per heavy atom. The summed E-state index contributed by atoms with van der Waals surface area (Å²) in [4.78, 5) is 2.23. The van der Waals surface area contributed by atoms with Gasteiger partial charge in [-0.15, -0.1) is 0 Å². The van der Waals surface area contributed by atoms with Gasteiger partial charge in [0.2, 0.25) is 0 Å². The average Bonchev–Trinajstić information content (AvgIpc) is 3.58. The maximum atomic E-state index is 8.49. The predicted octanol–water partition coefficient (Wildman–Crippen LogP) is 13.2. The lowest BCUT2D eigenvalue weighted by molar-refractivity contribution is 0.669. The molecule has 0 aliphatic rings. The summed E-state index contributed by atoms with van der Waals surface area (Å²) in [7, 11) is 0. The maximum absolute atomic E-state index is 8.49. The lowest BCUT2D eigenvalue weighted by Crippen LogP contribution is -2.10. The number of furan rings is 1. The van der Waals surface area contributed by atoms with Crippen molar-refractivity contribution in [1.82, 2.24) is 0 Å². The lowest BCUT2D eigenvalue weighted by Gasteiger charge is -2.26. The number of benzene rings is 8. The highest BCUT2D eigenvalue weighted by Gasteiger charge is 2.17. The fourth-order valence-electron chi connectivity index (χ4n) is 6.64. The monoisotopic (exact) mass is 618 g/mol. The summed E-state index contributed by atoms with van der Waals surface area (Å²) < 4.78 is 47.6. The third-order valence-corrected chi connectivity index (χ3v) is 8.94. The molecule has 0 N–H and O–H groups in total. The molecule has 8 aromatic carbocycles. The highest BCUT2D eigenvalue weighted by Crippen LogP contribution is 2.41. The number of fused-ring (bicyclic) bond motifs is 4. The summed E-state index contributed by atoms with van der Waals surface area (Å²) in [6, 6.07) is 52.1. The Morgan fingerprint density at radius 2 is 1.04 bits per heavy atom. The van der Waals surface area contributed by atoms with Crippen molar-refractivity contribution in [2.75, 3.05) is 4.90 Å². The molecule has 0 saturated carbocycles. The molecule has 1 aromatic heterocycles. The van der Waals surface area contributed by atoms with Crippen LogP contribution in [-0.4, -0.2) is 0 Å². The van der Waals surface area contributed by atoms with E-state index in [4.69, 9.17) is 11.3 Å². The summed E-state index contributed by atoms with van der Waals surface area (Å²) in [5.74, 6) is 0. The Labute approximate surface area is 286 Å². The molecule has 0 spiro atoms. The number of hydrogen-bond donors (Lipinski definition) is 0. The van der Waals surface area contributed by atoms with Crippen molar-refractivity contribution in [3.63, 3.8) is 0 Å². The number of nitrogens with zero attached hydrogens (tertiary/aromatic N) is 1. The van der Waals surface area contributed by atoms with Crippen LogP contribution in [0.4, 0.5) is 17.1 Å². The third-order valence-electron chi connectivity index (χ3n) is 8.94. The topological polar surface area (TPSA) is 16.4 Å². The predicted molar refractivity (Wildman–Crippen MR) is 202 cm³/mol. The van der Waals surface area contributed by atoms with E-state index in [0.717, 1.165) is 61.3 Å². The first-order valence-corrected chi connectivity index (χ1v) is 15.9. The van der Waals surface area contributed by atoms with Crippen molar-refractivity contribution in [2.45, 2.75) is 0 Å². The maximum Gasteiger partial charge on any atom is 0.137 e. The number of hydrogen-bond acceptors (Lipinski definition) is 2. The first-order chi connectivity index (χ1) is 25.9. The molecule has 9 rings (SSSR count). The van der Waals surface area contributed by atoms with Crippen LogP contribution in [0.3, 0.4) is 0 Å². The highest BCUT2D eigenvalue weighted by atomic mass is 16.3. The Kier molecular flexibility index (Phi) is 5.64. The van der Waals surface area contributed by atoms with Gasteiger partial charge in [-0.05, 0) is 92.7 Å². The second-order valence-electron chi connectivity index (χ2n) is 11.8. The molecule has 0 unspecified atom stereocenters. The molecule has 0 aliphatic heterocycles. The number of rotatable bonds is 6. The van der Waals surface area contributed by atoms with Gasteiger partial charge in [0.05, 0.1) is 6.85 Å². The smallest absolute Gasteiger partial charge is 0.137 e. The van der Waals surface area contributed by atoms with E-state index in [2.05, 4.69) is 120 Å². The van der Waals surface area contributed by atoms with E-state index in [1.807, 2.05) is 36.4 Å². The summed E-state index contributed by atoms with van der Waals surface area (Å²) in [5, 5.41) is 4.52. The summed E-state index contributed by atoms with van der Waals surface area (Å²) in [6.07, 6.45) is 0. The third kappa shape index (κ3) is 5.01. The van der Waals surface area contributed by atoms with E-state index in [0.29, 0.717) is 5.56 Å². The minimum atomic E-state index is -0.401. The quantitative estimate of drug-likeness (QED) is 0.184. The molecular weight excluding hydrogens is 583 g/mol. The average molecular weight is 619 g/mol. The first kappa shape index (κ1) is 23.0. The van der Waals surface area contributed by atoms with Crippen molar-refractivity contribution in [3.8, 4) is 33.4 Å². The highest BCUT2D eigenvalue weighted by molar-refractivity contribution is 6.06. The van der Waals surface area contributed by atoms with Crippen molar-refractivity contribution < 1.29 is 11.3 Å². The molecule has 0 fully saturated rings. The minimum Gasteiger partial charge on any atom is -0.456 e. The molecule has 0 radical (unpaired) electrons. The van der Waals surface area contributed by atoms with Crippen LogP contribution in [0.2, 0.25) is 0 Å². The second kappa shape index (κ2) is 11.8. The molecule has 0 saturated heterocycles. The molecule has 9 aromatic rings. The van der Waals surface area contributed by atoms with E-state index in [1.165, 1.54) is 10.8 Å². The molecule has 0 aliphatic carbocycles. The molecule has 2 nitrogen and oxygen atoms in total. The molecule has 2 heteroatoms. The summed E-state index contributed by atoms with van der Waals surface area (Å²) in [5.41, 5.74) is 9.35. The van der Waals surface area contributed by atoms with Crippen LogP contribution in [0, 0.1) is 0 Å². The lowest BCUT2D eigenvalue weighted by atomic mass is 9.97. The zero-order valence-corrected chi connectivity index (χ0v) is 25.9. The van der Waals surface area contributed by atoms with Crippen LogP contribution in [0.1, 0.15) is 6.85 Å². The Bertz CT molecular complexity index is 2830. The first-order valence-electron chi connectivity index (χ1n) is 18.4. The summed E-state index contributed by atoms with van der Waals surface area (Å²) >= 11 is 0. The van der Waals surface area contributed by atoms with Gasteiger partial charge in [0.15, 0.2) is 0 Å². The Hall–Kier alpha value is -6.38. The number of para-hydroxylation sites is 1. The van der Waals surface area contributed by atoms with Gasteiger partial charge in [0.25, 0.3) is 0 Å². The number of anilines is 3. The zero-order valence-electron chi connectivity index (χ0n) is 30.9. The van der Waals surface area contributed by atoms with E-state index < -0.39 is 6.04 Å². The van der Waals surface area contributed by atoms with Crippen LogP contribution in [0.25, 0.3) is 66.1 Å². The molecule has 0 amide bonds. The minimum absolute atomic E-state index is 0.188. The molecule has 0 bridgehead atoms. The van der Waals surface area contributed by atoms with Gasteiger partial charge in [-0.3, -0.25) is 0 Å². The normalized spacial score (nSPS) is 12.8. The molecular formula is C46H31NO. The molecule has 1 heterocycles. The largest absolute Gasteiger partial charge is 0.456 e. The van der Waals surface area contributed by atoms with Gasteiger partial charge in [-0.25, -0.2) is 0 Å². The van der Waals surface area contributed by atoms with Crippen molar-refractivity contribution >= 4 is 49.8 Å². The van der Waals surface area contributed by atoms with Crippen LogP contribution in [0.5, 0.6) is 0 Å². The Morgan fingerprint density at radius 3 is 1.92 bits per heavy atom. The Balaban J connectivity index is 1.16. The van der Waals surface area contributed by atoms with Crippen LogP contribution >= 0.6 is 0 Å². The van der Waals surface area contributed by atoms with Crippen LogP contribution in [-0.2, 0) is 0 Å². The van der Waals surface area contributed by atoms with Crippen LogP contribution in [0.15, 0.2) is 192 Å². The van der Waals surface area contributed by atoms with Gasteiger partial charge < -0.3 is 9.32 Å². The fourth-order valence-corrected chi connectivity index (χ4v) is 6.64. The summed E-state index contributed by atoms with van der Waals surface area (Å²) in [6.45, 7) is 0. The van der Waals surface area contributed by atoms with Crippen molar-refractivity contribution in [3.05, 3.63) is 188 Å². The van der Waals surface area contributed by atoms with Crippen molar-refractivity contribution in [2.24, 2.45) is 0 Å². The van der Waals surface area contributed by atoms with Gasteiger partial charge in [-0.1, -0.05) is 133 Å².